The minimum Gasteiger partial charge on any atom is -0.468 e. The minimum absolute atomic E-state index is 0.0633. The first-order valence-electron chi connectivity index (χ1n) is 7.12. The summed E-state index contributed by atoms with van der Waals surface area (Å²) >= 11 is 0. The number of carbonyl (C=O) groups is 1. The van der Waals surface area contributed by atoms with Crippen LogP contribution in [0.25, 0.3) is 11.0 Å². The molecule has 3 N–H and O–H groups in total. The molecule has 1 aromatic heterocycles. The Bertz CT molecular complexity index is 900. The Kier molecular flexibility index (Phi) is 5.09. The van der Waals surface area contributed by atoms with E-state index in [4.69, 9.17) is 0 Å². The quantitative estimate of drug-likeness (QED) is 0.295. The van der Waals surface area contributed by atoms with Crippen molar-refractivity contribution in [2.45, 2.75) is 25.9 Å². The monoisotopic (exact) mass is 336 g/mol. The van der Waals surface area contributed by atoms with Crippen LogP contribution >= 0.6 is 0 Å². The number of rotatable bonds is 6. The first kappa shape index (κ1) is 17.3. The normalized spacial score (nSPS) is 12.1. The average molecular weight is 336 g/mol. The first-order chi connectivity index (χ1) is 11.4. The second-order valence-corrected chi connectivity index (χ2v) is 5.06. The fraction of sp³-hybridized carbons (Fsp3) is 0.357. The number of H-pyrrole nitrogens is 2. The van der Waals surface area contributed by atoms with Gasteiger partial charge in [-0.05, 0) is 12.0 Å². The third kappa shape index (κ3) is 3.49. The molecule has 0 saturated heterocycles. The lowest BCUT2D eigenvalue weighted by Gasteiger charge is -2.15. The number of benzene rings is 1. The van der Waals surface area contributed by atoms with Crippen molar-refractivity contribution in [3.63, 3.8) is 0 Å². The largest absolute Gasteiger partial charge is 0.468 e. The molecule has 2 rings (SSSR count). The lowest BCUT2D eigenvalue weighted by atomic mass is 10.1. The molecule has 0 aliphatic rings. The lowest BCUT2D eigenvalue weighted by Crippen LogP contribution is -2.37. The third-order valence-corrected chi connectivity index (χ3v) is 3.54. The number of nitrogens with one attached hydrogen (secondary N) is 3. The van der Waals surface area contributed by atoms with Gasteiger partial charge in [0.1, 0.15) is 6.04 Å². The van der Waals surface area contributed by atoms with E-state index >= 15 is 0 Å². The summed E-state index contributed by atoms with van der Waals surface area (Å²) in [6, 6.07) is 1.83. The Balaban J connectivity index is 2.49. The third-order valence-electron chi connectivity index (χ3n) is 3.54. The number of carbonyl (C=O) groups excluding carboxylic acids is 1. The SMILES string of the molecule is CCC(NCc1cc([N+](=O)[O-])cc2[nH]c(=O)c(=O)[nH]c12)C(=O)OC. The van der Waals surface area contributed by atoms with Gasteiger partial charge >= 0.3 is 17.1 Å². The number of hydrogen-bond donors (Lipinski definition) is 3. The summed E-state index contributed by atoms with van der Waals surface area (Å²) in [5.74, 6) is -0.464. The highest BCUT2D eigenvalue weighted by Gasteiger charge is 2.18. The fourth-order valence-electron chi connectivity index (χ4n) is 2.30. The van der Waals surface area contributed by atoms with E-state index in [1.54, 1.807) is 6.92 Å². The molecule has 0 bridgehead atoms. The van der Waals surface area contributed by atoms with Crippen LogP contribution in [0.4, 0.5) is 5.69 Å². The molecule has 0 aliphatic carbocycles. The van der Waals surface area contributed by atoms with Gasteiger partial charge in [-0.25, -0.2) is 0 Å². The van der Waals surface area contributed by atoms with E-state index in [0.29, 0.717) is 12.0 Å². The smallest absolute Gasteiger partial charge is 0.322 e. The Hall–Kier alpha value is -3.01. The number of ether oxygens (including phenoxy) is 1. The van der Waals surface area contributed by atoms with E-state index in [2.05, 4.69) is 20.0 Å². The first-order valence-corrected chi connectivity index (χ1v) is 7.12. The molecular weight excluding hydrogens is 320 g/mol. The van der Waals surface area contributed by atoms with Gasteiger partial charge in [0.05, 0.1) is 23.1 Å². The highest BCUT2D eigenvalue weighted by atomic mass is 16.6. The number of methoxy groups -OCH3 is 1. The van der Waals surface area contributed by atoms with E-state index in [1.807, 2.05) is 0 Å². The van der Waals surface area contributed by atoms with Gasteiger partial charge in [-0.3, -0.25) is 24.5 Å². The number of aromatic amines is 2. The van der Waals surface area contributed by atoms with Crippen molar-refractivity contribution < 1.29 is 14.5 Å². The molecule has 0 radical (unpaired) electrons. The maximum absolute atomic E-state index is 11.6. The highest BCUT2D eigenvalue weighted by molar-refractivity contribution is 5.80. The number of fused-ring (bicyclic) bond motifs is 1. The minimum atomic E-state index is -0.900. The molecule has 10 nitrogen and oxygen atoms in total. The molecule has 0 spiro atoms. The van der Waals surface area contributed by atoms with E-state index < -0.39 is 28.1 Å². The van der Waals surface area contributed by atoms with Crippen LogP contribution in [0.2, 0.25) is 0 Å². The van der Waals surface area contributed by atoms with E-state index in [9.17, 15) is 24.5 Å². The van der Waals surface area contributed by atoms with Crippen molar-refractivity contribution in [3.8, 4) is 0 Å². The van der Waals surface area contributed by atoms with Crippen LogP contribution in [0.1, 0.15) is 18.9 Å². The summed E-state index contributed by atoms with van der Waals surface area (Å²) in [5.41, 5.74) is -1.24. The Morgan fingerprint density at radius 2 is 2.00 bits per heavy atom. The van der Waals surface area contributed by atoms with Crippen LogP contribution in [0.15, 0.2) is 21.7 Å². The maximum Gasteiger partial charge on any atom is 0.322 e. The average Bonchev–Trinajstić information content (AvgIpc) is 2.55. The predicted octanol–water partition coefficient (Wildman–Crippen LogP) is 0.166. The van der Waals surface area contributed by atoms with Gasteiger partial charge in [0, 0.05) is 18.7 Å². The molecular formula is C14H16N4O6. The molecule has 0 amide bonds. The van der Waals surface area contributed by atoms with Gasteiger partial charge in [-0.1, -0.05) is 6.92 Å². The lowest BCUT2D eigenvalue weighted by molar-refractivity contribution is -0.384. The van der Waals surface area contributed by atoms with Gasteiger partial charge in [0.2, 0.25) is 0 Å². The highest BCUT2D eigenvalue weighted by Crippen LogP contribution is 2.21. The van der Waals surface area contributed by atoms with E-state index in [-0.39, 0.29) is 23.3 Å². The van der Waals surface area contributed by atoms with Crippen LogP contribution < -0.4 is 16.4 Å². The molecule has 0 fully saturated rings. The van der Waals surface area contributed by atoms with Crippen molar-refractivity contribution in [2.75, 3.05) is 7.11 Å². The summed E-state index contributed by atoms with van der Waals surface area (Å²) in [6.45, 7) is 1.84. The Labute approximate surface area is 135 Å². The molecule has 1 aromatic carbocycles. The van der Waals surface area contributed by atoms with Crippen LogP contribution in [0.5, 0.6) is 0 Å². The number of nitrogens with zero attached hydrogens (tertiary/aromatic N) is 1. The number of non-ortho nitro benzene ring substituents is 1. The van der Waals surface area contributed by atoms with Gasteiger partial charge in [0.25, 0.3) is 5.69 Å². The van der Waals surface area contributed by atoms with Crippen molar-refractivity contribution in [2.24, 2.45) is 0 Å². The van der Waals surface area contributed by atoms with Gasteiger partial charge in [-0.2, -0.15) is 0 Å². The maximum atomic E-state index is 11.6. The summed E-state index contributed by atoms with van der Waals surface area (Å²) in [6.07, 6.45) is 0.451. The number of nitro benzene ring substituents is 1. The second kappa shape index (κ2) is 7.04. The molecule has 1 atom stereocenters. The summed E-state index contributed by atoms with van der Waals surface area (Å²) in [7, 11) is 1.26. The standard InChI is InChI=1S/C14H16N4O6/c1-3-9(14(21)24-2)15-6-7-4-8(18(22)23)5-10-11(7)17-13(20)12(19)16-10/h4-5,9,15H,3,6H2,1-2H3,(H,16,19)(H,17,20). The number of nitro groups is 1. The fourth-order valence-corrected chi connectivity index (χ4v) is 2.30. The van der Waals surface area contributed by atoms with Crippen molar-refractivity contribution in [1.29, 1.82) is 0 Å². The molecule has 1 unspecified atom stereocenters. The van der Waals surface area contributed by atoms with Crippen LogP contribution in [-0.2, 0) is 16.1 Å². The van der Waals surface area contributed by atoms with Crippen molar-refractivity contribution in [3.05, 3.63) is 48.5 Å². The van der Waals surface area contributed by atoms with E-state index in [0.717, 1.165) is 6.07 Å². The van der Waals surface area contributed by atoms with Crippen molar-refractivity contribution in [1.82, 2.24) is 15.3 Å². The Morgan fingerprint density at radius 3 is 2.58 bits per heavy atom. The van der Waals surface area contributed by atoms with Crippen LogP contribution in [0.3, 0.4) is 0 Å². The Morgan fingerprint density at radius 1 is 1.33 bits per heavy atom. The zero-order chi connectivity index (χ0) is 17.9. The van der Waals surface area contributed by atoms with Crippen LogP contribution in [0, 0.1) is 10.1 Å². The van der Waals surface area contributed by atoms with Crippen molar-refractivity contribution >= 4 is 22.7 Å². The molecule has 1 heterocycles. The van der Waals surface area contributed by atoms with E-state index in [1.165, 1.54) is 13.2 Å². The number of esters is 1. The molecule has 24 heavy (non-hydrogen) atoms. The van der Waals surface area contributed by atoms with Crippen LogP contribution in [-0.4, -0.2) is 34.0 Å². The molecule has 0 saturated carbocycles. The molecule has 0 aliphatic heterocycles. The molecule has 10 heteroatoms. The predicted molar refractivity (Wildman–Crippen MR) is 84.8 cm³/mol. The zero-order valence-corrected chi connectivity index (χ0v) is 13.0. The second-order valence-electron chi connectivity index (χ2n) is 5.06. The zero-order valence-electron chi connectivity index (χ0n) is 13.0. The molecule has 128 valence electrons. The topological polar surface area (TPSA) is 147 Å². The van der Waals surface area contributed by atoms with Gasteiger partial charge in [0.15, 0.2) is 0 Å². The summed E-state index contributed by atoms with van der Waals surface area (Å²) < 4.78 is 4.66. The summed E-state index contributed by atoms with van der Waals surface area (Å²) in [4.78, 5) is 49.7. The van der Waals surface area contributed by atoms with Gasteiger partial charge in [-0.15, -0.1) is 0 Å². The summed E-state index contributed by atoms with van der Waals surface area (Å²) in [5, 5.41) is 14.0. The van der Waals surface area contributed by atoms with Gasteiger partial charge < -0.3 is 20.0 Å². The number of aromatic nitrogens is 2. The molecule has 2 aromatic rings. The number of hydrogen-bond acceptors (Lipinski definition) is 7.